The van der Waals surface area contributed by atoms with Crippen molar-refractivity contribution in [1.82, 2.24) is 0 Å². The van der Waals surface area contributed by atoms with Crippen LogP contribution < -0.4 is 0 Å². The molecular formula is C16H11F3OS. The molecule has 0 bridgehead atoms. The molecule has 2 aromatic carbocycles. The van der Waals surface area contributed by atoms with Crippen LogP contribution in [-0.2, 0) is 6.18 Å². The van der Waals surface area contributed by atoms with E-state index < -0.39 is 17.8 Å². The highest BCUT2D eigenvalue weighted by Gasteiger charge is 2.35. The first kappa shape index (κ1) is 14.1. The maximum atomic E-state index is 13.1. The molecule has 1 nitrogen and oxygen atoms in total. The van der Waals surface area contributed by atoms with Crippen LogP contribution in [0.2, 0.25) is 0 Å². The predicted molar refractivity (Wildman–Crippen MR) is 77.3 cm³/mol. The zero-order chi connectivity index (χ0) is 15.0. The molecule has 1 aromatic heterocycles. The molecule has 1 heterocycles. The maximum Gasteiger partial charge on any atom is 0.416 e. The van der Waals surface area contributed by atoms with Crippen LogP contribution in [0.5, 0.6) is 0 Å². The summed E-state index contributed by atoms with van der Waals surface area (Å²) in [7, 11) is 0. The second kappa shape index (κ2) is 5.16. The second-order valence-electron chi connectivity index (χ2n) is 4.67. The van der Waals surface area contributed by atoms with Gasteiger partial charge in [-0.05, 0) is 28.5 Å². The fraction of sp³-hybridized carbons (Fsp3) is 0.125. The number of halogens is 3. The second-order valence-corrected chi connectivity index (χ2v) is 5.59. The average Bonchev–Trinajstić information content (AvgIpc) is 2.94. The largest absolute Gasteiger partial charge is 0.416 e. The van der Waals surface area contributed by atoms with E-state index in [1.807, 2.05) is 17.5 Å². The van der Waals surface area contributed by atoms with Crippen LogP contribution in [-0.4, -0.2) is 5.11 Å². The Morgan fingerprint density at radius 1 is 0.905 bits per heavy atom. The van der Waals surface area contributed by atoms with Crippen molar-refractivity contribution in [3.63, 3.8) is 0 Å². The Balaban J connectivity index is 2.15. The van der Waals surface area contributed by atoms with Gasteiger partial charge in [0.05, 0.1) is 5.56 Å². The summed E-state index contributed by atoms with van der Waals surface area (Å²) >= 11 is 1.41. The summed E-state index contributed by atoms with van der Waals surface area (Å²) in [5, 5.41) is 13.2. The van der Waals surface area contributed by atoms with Crippen molar-refractivity contribution in [2.24, 2.45) is 0 Å². The molecule has 1 unspecified atom stereocenters. The van der Waals surface area contributed by atoms with Gasteiger partial charge < -0.3 is 5.11 Å². The van der Waals surface area contributed by atoms with Crippen molar-refractivity contribution in [1.29, 1.82) is 0 Å². The highest BCUT2D eigenvalue weighted by Crippen LogP contribution is 2.38. The summed E-state index contributed by atoms with van der Waals surface area (Å²) in [5.41, 5.74) is -0.420. The van der Waals surface area contributed by atoms with Gasteiger partial charge in [0.1, 0.15) is 6.10 Å². The number of fused-ring (bicyclic) bond motifs is 1. The monoisotopic (exact) mass is 308 g/mol. The Labute approximate surface area is 123 Å². The standard InChI is InChI=1S/C16H11F3OS/c17-16(18,19)13-7-2-1-5-11(13)14(20)12-6-3-4-10-8-9-21-15(10)12/h1-9,14,20H. The van der Waals surface area contributed by atoms with Crippen LogP contribution in [0.4, 0.5) is 13.2 Å². The minimum atomic E-state index is -4.49. The van der Waals surface area contributed by atoms with E-state index >= 15 is 0 Å². The van der Waals surface area contributed by atoms with E-state index in [-0.39, 0.29) is 5.56 Å². The van der Waals surface area contributed by atoms with Gasteiger partial charge in [0.15, 0.2) is 0 Å². The molecule has 21 heavy (non-hydrogen) atoms. The number of benzene rings is 2. The Morgan fingerprint density at radius 2 is 1.62 bits per heavy atom. The molecule has 3 aromatic rings. The van der Waals surface area contributed by atoms with Gasteiger partial charge in [0.25, 0.3) is 0 Å². The van der Waals surface area contributed by atoms with E-state index in [1.54, 1.807) is 12.1 Å². The third-order valence-electron chi connectivity index (χ3n) is 3.36. The SMILES string of the molecule is OC(c1ccccc1C(F)(F)F)c1cccc2ccsc12. The summed E-state index contributed by atoms with van der Waals surface area (Å²) in [5.74, 6) is 0. The van der Waals surface area contributed by atoms with Crippen molar-refractivity contribution in [2.45, 2.75) is 12.3 Å². The van der Waals surface area contributed by atoms with Crippen LogP contribution in [0.25, 0.3) is 10.1 Å². The highest BCUT2D eigenvalue weighted by molar-refractivity contribution is 7.17. The number of alkyl halides is 3. The molecule has 0 spiro atoms. The zero-order valence-corrected chi connectivity index (χ0v) is 11.6. The Bertz CT molecular complexity index is 776. The fourth-order valence-corrected chi connectivity index (χ4v) is 3.33. The first-order valence-electron chi connectivity index (χ1n) is 6.29. The Morgan fingerprint density at radius 3 is 2.38 bits per heavy atom. The molecule has 0 aliphatic carbocycles. The zero-order valence-electron chi connectivity index (χ0n) is 10.8. The lowest BCUT2D eigenvalue weighted by Crippen LogP contribution is -2.12. The lowest BCUT2D eigenvalue weighted by Gasteiger charge is -2.18. The van der Waals surface area contributed by atoms with Gasteiger partial charge in [0, 0.05) is 10.3 Å². The first-order chi connectivity index (χ1) is 9.98. The lowest BCUT2D eigenvalue weighted by atomic mass is 9.96. The van der Waals surface area contributed by atoms with Gasteiger partial charge in [-0.3, -0.25) is 0 Å². The van der Waals surface area contributed by atoms with E-state index in [2.05, 4.69) is 0 Å². The normalized spacial score (nSPS) is 13.5. The van der Waals surface area contributed by atoms with Crippen LogP contribution in [0.3, 0.4) is 0 Å². The van der Waals surface area contributed by atoms with Crippen molar-refractivity contribution in [3.8, 4) is 0 Å². The predicted octanol–water partition coefficient (Wildman–Crippen LogP) is 5.00. The van der Waals surface area contributed by atoms with E-state index in [1.165, 1.54) is 29.5 Å². The number of hydrogen-bond acceptors (Lipinski definition) is 2. The third kappa shape index (κ3) is 2.54. The minimum Gasteiger partial charge on any atom is -0.384 e. The third-order valence-corrected chi connectivity index (χ3v) is 4.34. The van der Waals surface area contributed by atoms with Crippen LogP contribution in [0, 0.1) is 0 Å². The number of hydrogen-bond donors (Lipinski definition) is 1. The number of aliphatic hydroxyl groups excluding tert-OH is 1. The summed E-state index contributed by atoms with van der Waals surface area (Å²) < 4.78 is 40.0. The molecule has 0 fully saturated rings. The Kier molecular flexibility index (Phi) is 3.47. The van der Waals surface area contributed by atoms with Crippen molar-refractivity contribution >= 4 is 21.4 Å². The van der Waals surface area contributed by atoms with Gasteiger partial charge in [0.2, 0.25) is 0 Å². The topological polar surface area (TPSA) is 20.2 Å². The average molecular weight is 308 g/mol. The van der Waals surface area contributed by atoms with Gasteiger partial charge >= 0.3 is 6.18 Å². The summed E-state index contributed by atoms with van der Waals surface area (Å²) in [6, 6.07) is 12.3. The Hall–Kier alpha value is -1.85. The summed E-state index contributed by atoms with van der Waals surface area (Å²) in [6.07, 6.45) is -5.79. The van der Waals surface area contributed by atoms with Gasteiger partial charge in [-0.2, -0.15) is 13.2 Å². The smallest absolute Gasteiger partial charge is 0.384 e. The van der Waals surface area contributed by atoms with Gasteiger partial charge in [-0.25, -0.2) is 0 Å². The number of aliphatic hydroxyl groups is 1. The van der Waals surface area contributed by atoms with E-state index in [9.17, 15) is 18.3 Å². The molecule has 5 heteroatoms. The molecule has 0 saturated carbocycles. The van der Waals surface area contributed by atoms with E-state index in [4.69, 9.17) is 0 Å². The molecule has 1 N–H and O–H groups in total. The van der Waals surface area contributed by atoms with Crippen molar-refractivity contribution in [3.05, 3.63) is 70.6 Å². The molecule has 3 rings (SSSR count). The molecular weight excluding hydrogens is 297 g/mol. The molecule has 108 valence electrons. The lowest BCUT2D eigenvalue weighted by molar-refractivity contribution is -0.139. The van der Waals surface area contributed by atoms with Crippen LogP contribution >= 0.6 is 11.3 Å². The number of thiophene rings is 1. The maximum absolute atomic E-state index is 13.1. The van der Waals surface area contributed by atoms with Gasteiger partial charge in [-0.15, -0.1) is 11.3 Å². The number of rotatable bonds is 2. The van der Waals surface area contributed by atoms with Crippen molar-refractivity contribution in [2.75, 3.05) is 0 Å². The van der Waals surface area contributed by atoms with Crippen molar-refractivity contribution < 1.29 is 18.3 Å². The molecule has 0 saturated heterocycles. The quantitative estimate of drug-likeness (QED) is 0.706. The van der Waals surface area contributed by atoms with Crippen LogP contribution in [0.15, 0.2) is 53.9 Å². The molecule has 0 aliphatic rings. The van der Waals surface area contributed by atoms with E-state index in [0.29, 0.717) is 5.56 Å². The molecule has 0 aliphatic heterocycles. The summed E-state index contributed by atoms with van der Waals surface area (Å²) in [6.45, 7) is 0. The van der Waals surface area contributed by atoms with Gasteiger partial charge in [-0.1, -0.05) is 36.4 Å². The van der Waals surface area contributed by atoms with Crippen LogP contribution in [0.1, 0.15) is 22.8 Å². The molecule has 1 atom stereocenters. The minimum absolute atomic E-state index is 0.120. The first-order valence-corrected chi connectivity index (χ1v) is 7.17. The van der Waals surface area contributed by atoms with E-state index in [0.717, 1.165) is 16.2 Å². The summed E-state index contributed by atoms with van der Waals surface area (Å²) in [4.78, 5) is 0. The fourth-order valence-electron chi connectivity index (χ4n) is 2.39. The molecule has 0 radical (unpaired) electrons. The highest BCUT2D eigenvalue weighted by atomic mass is 32.1. The molecule has 0 amide bonds.